The Morgan fingerprint density at radius 3 is 2.81 bits per heavy atom. The molecular weight excluding hydrogens is 210 g/mol. The fraction of sp³-hybridized carbons (Fsp3) is 0.909. The average molecular weight is 229 g/mol. The predicted molar refractivity (Wildman–Crippen MR) is 56.9 cm³/mol. The first-order valence-corrected chi connectivity index (χ1v) is 5.64. The van der Waals surface area contributed by atoms with Crippen LogP contribution < -0.4 is 0 Å². The highest BCUT2D eigenvalue weighted by Crippen LogP contribution is 2.33. The number of ether oxygens (including phenoxy) is 3. The van der Waals surface area contributed by atoms with E-state index in [1.165, 1.54) is 0 Å². The van der Waals surface area contributed by atoms with Gasteiger partial charge in [-0.2, -0.15) is 0 Å². The molecule has 0 spiro atoms. The van der Waals surface area contributed by atoms with Crippen LogP contribution in [0.1, 0.15) is 20.8 Å². The van der Waals surface area contributed by atoms with Crippen LogP contribution in [-0.4, -0.2) is 55.1 Å². The molecule has 0 aromatic carbocycles. The summed E-state index contributed by atoms with van der Waals surface area (Å²) < 4.78 is 15.8. The third-order valence-corrected chi connectivity index (χ3v) is 2.56. The van der Waals surface area contributed by atoms with E-state index in [1.807, 2.05) is 20.8 Å². The number of carbonyl (C=O) groups excluding carboxylic acids is 1. The van der Waals surface area contributed by atoms with Gasteiger partial charge in [0.15, 0.2) is 0 Å². The van der Waals surface area contributed by atoms with Crippen molar-refractivity contribution in [3.8, 4) is 0 Å². The van der Waals surface area contributed by atoms with Gasteiger partial charge in [-0.25, -0.2) is 4.79 Å². The molecule has 0 radical (unpaired) electrons. The van der Waals surface area contributed by atoms with Gasteiger partial charge in [-0.05, 0) is 20.8 Å². The highest BCUT2D eigenvalue weighted by molar-refractivity contribution is 5.71. The SMILES string of the molecule is CC(C)(C)OC(=O)COCC1C2OCCN12. The summed E-state index contributed by atoms with van der Waals surface area (Å²) in [6.07, 6.45) is 0.235. The monoisotopic (exact) mass is 229 g/mol. The zero-order valence-electron chi connectivity index (χ0n) is 10.1. The van der Waals surface area contributed by atoms with Crippen molar-refractivity contribution >= 4 is 5.97 Å². The molecule has 5 nitrogen and oxygen atoms in total. The van der Waals surface area contributed by atoms with Gasteiger partial charge >= 0.3 is 5.97 Å². The number of fused-ring (bicyclic) bond motifs is 1. The highest BCUT2D eigenvalue weighted by atomic mass is 16.6. The van der Waals surface area contributed by atoms with Crippen LogP contribution in [0.4, 0.5) is 0 Å². The van der Waals surface area contributed by atoms with Crippen molar-refractivity contribution in [3.05, 3.63) is 0 Å². The van der Waals surface area contributed by atoms with E-state index >= 15 is 0 Å². The van der Waals surface area contributed by atoms with Crippen LogP contribution in [0.2, 0.25) is 0 Å². The fourth-order valence-corrected chi connectivity index (χ4v) is 1.89. The van der Waals surface area contributed by atoms with Crippen molar-refractivity contribution in [2.75, 3.05) is 26.4 Å². The minimum absolute atomic E-state index is 0.0222. The second-order valence-corrected chi connectivity index (χ2v) is 5.17. The Morgan fingerprint density at radius 2 is 2.25 bits per heavy atom. The molecule has 16 heavy (non-hydrogen) atoms. The van der Waals surface area contributed by atoms with Gasteiger partial charge in [-0.3, -0.25) is 4.90 Å². The largest absolute Gasteiger partial charge is 0.458 e. The van der Waals surface area contributed by atoms with Crippen LogP contribution in [0.25, 0.3) is 0 Å². The van der Waals surface area contributed by atoms with E-state index in [2.05, 4.69) is 4.90 Å². The summed E-state index contributed by atoms with van der Waals surface area (Å²) in [7, 11) is 0. The first-order valence-electron chi connectivity index (χ1n) is 5.64. The summed E-state index contributed by atoms with van der Waals surface area (Å²) in [5, 5.41) is 0. The molecule has 0 amide bonds. The summed E-state index contributed by atoms with van der Waals surface area (Å²) in [6.45, 7) is 7.89. The Bertz CT molecular complexity index is 264. The first-order chi connectivity index (χ1) is 7.47. The molecular formula is C11H19NO4. The summed E-state index contributed by atoms with van der Waals surface area (Å²) in [6, 6.07) is 0.344. The molecule has 2 heterocycles. The standard InChI is InChI=1S/C11H19NO4/c1-11(2,3)16-9(13)7-14-6-8-10-12(8)4-5-15-10/h8,10H,4-7H2,1-3H3. The van der Waals surface area contributed by atoms with Gasteiger partial charge in [-0.1, -0.05) is 0 Å². The Hall–Kier alpha value is -0.650. The number of carbonyl (C=O) groups is 1. The number of hydrogen-bond donors (Lipinski definition) is 0. The van der Waals surface area contributed by atoms with Gasteiger partial charge in [0.2, 0.25) is 0 Å². The van der Waals surface area contributed by atoms with Gasteiger partial charge in [-0.15, -0.1) is 0 Å². The van der Waals surface area contributed by atoms with E-state index in [1.54, 1.807) is 0 Å². The van der Waals surface area contributed by atoms with E-state index in [0.717, 1.165) is 13.2 Å². The quantitative estimate of drug-likeness (QED) is 0.515. The van der Waals surface area contributed by atoms with Crippen molar-refractivity contribution < 1.29 is 19.0 Å². The maximum absolute atomic E-state index is 11.3. The normalized spacial score (nSPS) is 32.3. The third kappa shape index (κ3) is 2.93. The Morgan fingerprint density at radius 1 is 1.50 bits per heavy atom. The number of rotatable bonds is 4. The average Bonchev–Trinajstić information content (AvgIpc) is 2.57. The molecule has 0 aromatic heterocycles. The van der Waals surface area contributed by atoms with Gasteiger partial charge < -0.3 is 14.2 Å². The minimum atomic E-state index is -0.441. The molecule has 0 N–H and O–H groups in total. The molecule has 3 atom stereocenters. The second-order valence-electron chi connectivity index (χ2n) is 5.17. The molecule has 92 valence electrons. The maximum Gasteiger partial charge on any atom is 0.332 e. The Labute approximate surface area is 95.6 Å². The summed E-state index contributed by atoms with van der Waals surface area (Å²) >= 11 is 0. The predicted octanol–water partition coefficient (Wildman–Crippen LogP) is 0.385. The van der Waals surface area contributed by atoms with Gasteiger partial charge in [0.05, 0.1) is 19.3 Å². The lowest BCUT2D eigenvalue weighted by atomic mass is 10.2. The summed E-state index contributed by atoms with van der Waals surface area (Å²) in [5.41, 5.74) is -0.441. The van der Waals surface area contributed by atoms with Crippen molar-refractivity contribution in [1.29, 1.82) is 0 Å². The van der Waals surface area contributed by atoms with E-state index in [9.17, 15) is 4.79 Å². The van der Waals surface area contributed by atoms with Gasteiger partial charge in [0.1, 0.15) is 18.4 Å². The number of hydrogen-bond acceptors (Lipinski definition) is 5. The van der Waals surface area contributed by atoms with E-state index in [4.69, 9.17) is 14.2 Å². The lowest BCUT2D eigenvalue weighted by molar-refractivity contribution is -0.160. The molecule has 5 heteroatoms. The minimum Gasteiger partial charge on any atom is -0.458 e. The third-order valence-electron chi connectivity index (χ3n) is 2.56. The molecule has 0 saturated carbocycles. The van der Waals surface area contributed by atoms with Crippen molar-refractivity contribution in [2.24, 2.45) is 0 Å². The van der Waals surface area contributed by atoms with Crippen molar-refractivity contribution in [2.45, 2.75) is 38.6 Å². The summed E-state index contributed by atoms with van der Waals surface area (Å²) in [4.78, 5) is 13.5. The molecule has 2 saturated heterocycles. The van der Waals surface area contributed by atoms with Crippen LogP contribution in [-0.2, 0) is 19.0 Å². The van der Waals surface area contributed by atoms with E-state index < -0.39 is 5.60 Å². The smallest absolute Gasteiger partial charge is 0.332 e. The van der Waals surface area contributed by atoms with E-state index in [-0.39, 0.29) is 18.8 Å². The molecule has 2 aliphatic rings. The molecule has 2 aliphatic heterocycles. The van der Waals surface area contributed by atoms with Crippen LogP contribution in [0, 0.1) is 0 Å². The number of nitrogens with zero attached hydrogens (tertiary/aromatic N) is 1. The Kier molecular flexibility index (Phi) is 3.19. The van der Waals surface area contributed by atoms with Gasteiger partial charge in [0, 0.05) is 6.54 Å². The Balaban J connectivity index is 1.57. The lowest BCUT2D eigenvalue weighted by Gasteiger charge is -2.19. The van der Waals surface area contributed by atoms with Crippen molar-refractivity contribution in [3.63, 3.8) is 0 Å². The van der Waals surface area contributed by atoms with E-state index in [0.29, 0.717) is 12.6 Å². The molecule has 2 rings (SSSR count). The molecule has 0 aromatic rings. The van der Waals surface area contributed by atoms with Crippen LogP contribution in [0.15, 0.2) is 0 Å². The van der Waals surface area contributed by atoms with Crippen LogP contribution >= 0.6 is 0 Å². The lowest BCUT2D eigenvalue weighted by Crippen LogP contribution is -2.27. The van der Waals surface area contributed by atoms with Crippen molar-refractivity contribution in [1.82, 2.24) is 4.90 Å². The number of morpholine rings is 1. The zero-order valence-corrected chi connectivity index (χ0v) is 10.1. The molecule has 3 unspecified atom stereocenters. The first kappa shape index (κ1) is 11.8. The number of esters is 1. The van der Waals surface area contributed by atoms with Gasteiger partial charge in [0.25, 0.3) is 0 Å². The molecule has 0 aliphatic carbocycles. The van der Waals surface area contributed by atoms with Crippen LogP contribution in [0.3, 0.4) is 0 Å². The molecule has 0 bridgehead atoms. The zero-order chi connectivity index (χ0) is 11.8. The summed E-state index contributed by atoms with van der Waals surface area (Å²) in [5.74, 6) is -0.311. The maximum atomic E-state index is 11.3. The molecule has 2 fully saturated rings. The fourth-order valence-electron chi connectivity index (χ4n) is 1.89. The van der Waals surface area contributed by atoms with Crippen LogP contribution in [0.5, 0.6) is 0 Å². The highest BCUT2D eigenvalue weighted by Gasteiger charge is 2.52. The topological polar surface area (TPSA) is 47.8 Å². The second kappa shape index (κ2) is 4.31.